The van der Waals surface area contributed by atoms with Gasteiger partial charge in [-0.3, -0.25) is 4.79 Å². The van der Waals surface area contributed by atoms with Crippen LogP contribution in [0.5, 0.6) is 0 Å². The summed E-state index contributed by atoms with van der Waals surface area (Å²) in [6, 6.07) is 0. The van der Waals surface area contributed by atoms with Crippen molar-refractivity contribution in [2.75, 3.05) is 0 Å². The van der Waals surface area contributed by atoms with Crippen LogP contribution in [0, 0.1) is 0 Å². The molecular formula is C3H9NO4S. The number of hydrogen-bond donors (Lipinski definition) is 3. The van der Waals surface area contributed by atoms with Crippen LogP contribution in [0.2, 0.25) is 0 Å². The van der Waals surface area contributed by atoms with Gasteiger partial charge in [0.1, 0.15) is 0 Å². The van der Waals surface area contributed by atoms with Gasteiger partial charge in [0.2, 0.25) is 0 Å². The van der Waals surface area contributed by atoms with Crippen molar-refractivity contribution in [2.24, 2.45) is 5.14 Å². The van der Waals surface area contributed by atoms with Crippen LogP contribution in [0.15, 0.2) is 0 Å². The minimum absolute atomic E-state index is 0.222. The average molecular weight is 155 g/mol. The first-order chi connectivity index (χ1) is 4.00. The maximum Gasteiger partial charge on any atom is 0.303 e. The van der Waals surface area contributed by atoms with E-state index in [-0.39, 0.29) is 6.42 Å². The lowest BCUT2D eigenvalue weighted by Gasteiger charge is -1.71. The van der Waals surface area contributed by atoms with Gasteiger partial charge in [-0.1, -0.05) is 6.92 Å². The molecule has 56 valence electrons. The molecule has 3 N–H and O–H groups in total. The van der Waals surface area contributed by atoms with E-state index < -0.39 is 16.9 Å². The van der Waals surface area contributed by atoms with Crippen molar-refractivity contribution < 1.29 is 18.3 Å². The highest BCUT2D eigenvalue weighted by Gasteiger charge is 1.80. The van der Waals surface area contributed by atoms with E-state index in [2.05, 4.69) is 5.14 Å². The number of thiol groups is 1. The zero-order valence-electron chi connectivity index (χ0n) is 4.90. The number of carboxylic acids is 1. The molecule has 0 aliphatic heterocycles. The summed E-state index contributed by atoms with van der Waals surface area (Å²) in [6.07, 6.45) is 0.222. The number of carbonyl (C=O) groups is 1. The Labute approximate surface area is 54.6 Å². The fourth-order valence-corrected chi connectivity index (χ4v) is 0. The van der Waals surface area contributed by atoms with Crippen LogP contribution in [-0.2, 0) is 15.7 Å². The molecule has 0 amide bonds. The van der Waals surface area contributed by atoms with Crippen molar-refractivity contribution in [1.82, 2.24) is 0 Å². The summed E-state index contributed by atoms with van der Waals surface area (Å²) < 4.78 is 17.6. The van der Waals surface area contributed by atoms with E-state index in [1.54, 1.807) is 6.92 Å². The van der Waals surface area contributed by atoms with Crippen LogP contribution in [0.25, 0.3) is 0 Å². The summed E-state index contributed by atoms with van der Waals surface area (Å²) >= 11 is 0. The first kappa shape index (κ1) is 11.2. The van der Waals surface area contributed by atoms with Crippen molar-refractivity contribution in [3.8, 4) is 0 Å². The maximum absolute atomic E-state index is 9.37. The first-order valence-electron chi connectivity index (χ1n) is 2.11. The molecule has 6 heteroatoms. The highest BCUT2D eigenvalue weighted by atomic mass is 32.2. The van der Waals surface area contributed by atoms with Crippen LogP contribution >= 0.6 is 0 Å². The molecule has 0 atom stereocenters. The molecule has 0 aliphatic carbocycles. The molecule has 0 saturated heterocycles. The molecule has 0 saturated carbocycles. The van der Waals surface area contributed by atoms with Gasteiger partial charge in [0, 0.05) is 6.42 Å². The second kappa shape index (κ2) is 7.38. The quantitative estimate of drug-likeness (QED) is 0.421. The number of aliphatic carboxylic acids is 1. The van der Waals surface area contributed by atoms with Gasteiger partial charge in [-0.15, -0.1) is 0 Å². The fourth-order valence-electron chi connectivity index (χ4n) is 0. The minimum atomic E-state index is -2.62. The Kier molecular flexibility index (Phi) is 9.19. The van der Waals surface area contributed by atoms with Crippen molar-refractivity contribution in [3.63, 3.8) is 0 Å². The lowest BCUT2D eigenvalue weighted by Crippen LogP contribution is -1.86. The molecule has 0 aromatic carbocycles. The molecular weight excluding hydrogens is 146 g/mol. The molecule has 0 unspecified atom stereocenters. The van der Waals surface area contributed by atoms with Crippen LogP contribution in [0.4, 0.5) is 0 Å². The standard InChI is InChI=1S/C3H6O2.H3NO2S/c1-2-3(4)5;1-4(2)3/h2H2,1H3,(H,4,5);4H,(H2,1,2,3). The molecule has 0 fully saturated rings. The van der Waals surface area contributed by atoms with Gasteiger partial charge in [-0.05, 0) is 0 Å². The van der Waals surface area contributed by atoms with E-state index in [0.717, 1.165) is 0 Å². The van der Waals surface area contributed by atoms with Gasteiger partial charge < -0.3 is 5.11 Å². The number of rotatable bonds is 1. The third kappa shape index (κ3) is 112. The van der Waals surface area contributed by atoms with E-state index in [0.29, 0.717) is 0 Å². The average Bonchev–Trinajstić information content (AvgIpc) is 1.65. The molecule has 0 spiro atoms. The molecule has 9 heavy (non-hydrogen) atoms. The fraction of sp³-hybridized carbons (Fsp3) is 0.667. The predicted molar refractivity (Wildman–Crippen MR) is 32.4 cm³/mol. The van der Waals surface area contributed by atoms with Crippen LogP contribution in [0.1, 0.15) is 13.3 Å². The molecule has 0 bridgehead atoms. The molecule has 0 aromatic rings. The summed E-state index contributed by atoms with van der Waals surface area (Å²) in [4.78, 5) is 9.37. The Balaban J connectivity index is 0. The van der Waals surface area contributed by atoms with Crippen molar-refractivity contribution in [1.29, 1.82) is 0 Å². The van der Waals surface area contributed by atoms with Crippen molar-refractivity contribution in [2.45, 2.75) is 13.3 Å². The Bertz CT molecular complexity index is 133. The van der Waals surface area contributed by atoms with Gasteiger partial charge >= 0.3 is 5.97 Å². The van der Waals surface area contributed by atoms with E-state index in [1.165, 1.54) is 0 Å². The van der Waals surface area contributed by atoms with E-state index in [1.807, 2.05) is 0 Å². The van der Waals surface area contributed by atoms with Crippen molar-refractivity contribution in [3.05, 3.63) is 0 Å². The number of carboxylic acid groups (broad SMARTS) is 1. The Morgan fingerprint density at radius 1 is 1.67 bits per heavy atom. The van der Waals surface area contributed by atoms with Crippen LogP contribution in [0.3, 0.4) is 0 Å². The van der Waals surface area contributed by atoms with E-state index >= 15 is 0 Å². The molecule has 0 aromatic heterocycles. The van der Waals surface area contributed by atoms with Gasteiger partial charge in [0.05, 0.1) is 0 Å². The summed E-state index contributed by atoms with van der Waals surface area (Å²) in [7, 11) is -2.62. The Morgan fingerprint density at radius 2 is 1.78 bits per heavy atom. The maximum atomic E-state index is 9.37. The number of nitrogens with two attached hydrogens (primary N) is 1. The summed E-state index contributed by atoms with van der Waals surface area (Å²) in [6.45, 7) is 1.60. The molecule has 0 heterocycles. The zero-order valence-corrected chi connectivity index (χ0v) is 5.80. The predicted octanol–water partition coefficient (Wildman–Crippen LogP) is -1.05. The van der Waals surface area contributed by atoms with Gasteiger partial charge in [0.15, 0.2) is 10.9 Å². The monoisotopic (exact) mass is 155 g/mol. The third-order valence-electron chi connectivity index (χ3n) is 0.302. The number of hydrogen-bond acceptors (Lipinski definition) is 3. The highest BCUT2D eigenvalue weighted by Crippen LogP contribution is 1.67. The van der Waals surface area contributed by atoms with Gasteiger partial charge in [-0.2, -0.15) is 0 Å². The summed E-state index contributed by atoms with van der Waals surface area (Å²) in [5.74, 6) is -0.745. The largest absolute Gasteiger partial charge is 0.481 e. The molecule has 5 nitrogen and oxygen atoms in total. The summed E-state index contributed by atoms with van der Waals surface area (Å²) in [5.41, 5.74) is 0. The Morgan fingerprint density at radius 3 is 1.78 bits per heavy atom. The van der Waals surface area contributed by atoms with E-state index in [9.17, 15) is 4.79 Å². The van der Waals surface area contributed by atoms with Crippen LogP contribution < -0.4 is 5.14 Å². The highest BCUT2D eigenvalue weighted by molar-refractivity contribution is 7.69. The van der Waals surface area contributed by atoms with E-state index in [4.69, 9.17) is 13.5 Å². The van der Waals surface area contributed by atoms with Gasteiger partial charge in [0.25, 0.3) is 0 Å². The first-order valence-corrected chi connectivity index (χ1v) is 3.36. The molecule has 0 aliphatic rings. The zero-order chi connectivity index (χ0) is 7.86. The smallest absolute Gasteiger partial charge is 0.303 e. The van der Waals surface area contributed by atoms with Crippen LogP contribution in [-0.4, -0.2) is 19.5 Å². The lowest BCUT2D eigenvalue weighted by atomic mass is 10.5. The molecule has 0 rings (SSSR count). The molecule has 0 radical (unpaired) electrons. The summed E-state index contributed by atoms with van der Waals surface area (Å²) in [5, 5.41) is 11.8. The minimum Gasteiger partial charge on any atom is -0.481 e. The van der Waals surface area contributed by atoms with Crippen molar-refractivity contribution >= 4 is 16.9 Å². The SMILES string of the molecule is CCC(=O)O.N[SH](=O)=O. The lowest BCUT2D eigenvalue weighted by molar-refractivity contribution is -0.136. The third-order valence-corrected chi connectivity index (χ3v) is 0.302. The topological polar surface area (TPSA) is 97.5 Å². The second-order valence-electron chi connectivity index (χ2n) is 1.03. The normalized spacial score (nSPS) is 7.89. The Hall–Kier alpha value is -0.620. The van der Waals surface area contributed by atoms with Gasteiger partial charge in [-0.25, -0.2) is 13.6 Å². The second-order valence-corrected chi connectivity index (χ2v) is 1.60.